The van der Waals surface area contributed by atoms with Gasteiger partial charge in [-0.2, -0.15) is 0 Å². The minimum absolute atomic E-state index is 0.259. The molecule has 1 heterocycles. The van der Waals surface area contributed by atoms with Crippen LogP contribution >= 0.6 is 0 Å². The molecule has 2 aromatic carbocycles. The molecule has 28 heavy (non-hydrogen) atoms. The summed E-state index contributed by atoms with van der Waals surface area (Å²) < 4.78 is 16.9. The molecule has 0 unspecified atom stereocenters. The van der Waals surface area contributed by atoms with Crippen molar-refractivity contribution in [3.05, 3.63) is 64.9 Å². The predicted octanol–water partition coefficient (Wildman–Crippen LogP) is 4.77. The average molecular weight is 379 g/mol. The van der Waals surface area contributed by atoms with Crippen molar-refractivity contribution < 1.29 is 19.0 Å². The molecule has 0 aliphatic carbocycles. The fraction of sp³-hybridized carbons (Fsp3) is 0.304. The van der Waals surface area contributed by atoms with Crippen molar-refractivity contribution in [1.82, 2.24) is 0 Å². The molecule has 0 fully saturated rings. The summed E-state index contributed by atoms with van der Waals surface area (Å²) in [6.45, 7) is 9.22. The summed E-state index contributed by atoms with van der Waals surface area (Å²) in [4.78, 5) is 16.6. The number of esters is 1. The standard InChI is InChI=1S/C23H25NO4/c1-5-26-21-13-17(9-10-20(21)27-14-15(2)3)12-19-23(25)28-22(24-19)18-8-6-7-16(4)11-18/h6-13,15H,5,14H2,1-4H3/b19-12+. The largest absolute Gasteiger partial charge is 0.490 e. The zero-order valence-electron chi connectivity index (χ0n) is 16.7. The Morgan fingerprint density at radius 1 is 1.11 bits per heavy atom. The predicted molar refractivity (Wildman–Crippen MR) is 110 cm³/mol. The number of cyclic esters (lactones) is 1. The van der Waals surface area contributed by atoms with Crippen LogP contribution in [-0.2, 0) is 9.53 Å². The summed E-state index contributed by atoms with van der Waals surface area (Å²) in [5, 5.41) is 0. The molecule has 0 aromatic heterocycles. The topological polar surface area (TPSA) is 57.1 Å². The molecule has 0 saturated carbocycles. The molecule has 5 heteroatoms. The van der Waals surface area contributed by atoms with Gasteiger partial charge < -0.3 is 14.2 Å². The van der Waals surface area contributed by atoms with Gasteiger partial charge in [0.05, 0.1) is 13.2 Å². The van der Waals surface area contributed by atoms with Gasteiger partial charge in [-0.1, -0.05) is 37.6 Å². The van der Waals surface area contributed by atoms with E-state index in [0.29, 0.717) is 36.5 Å². The molecule has 1 aliphatic heterocycles. The number of aliphatic imine (C=N–C) groups is 1. The van der Waals surface area contributed by atoms with E-state index >= 15 is 0 Å². The fourth-order valence-electron chi connectivity index (χ4n) is 2.73. The van der Waals surface area contributed by atoms with Gasteiger partial charge in [0.15, 0.2) is 17.2 Å². The lowest BCUT2D eigenvalue weighted by molar-refractivity contribution is -0.129. The molecule has 0 radical (unpaired) electrons. The Labute approximate surface area is 165 Å². The lowest BCUT2D eigenvalue weighted by atomic mass is 10.1. The quantitative estimate of drug-likeness (QED) is 0.513. The van der Waals surface area contributed by atoms with Gasteiger partial charge in [-0.05, 0) is 55.7 Å². The molecule has 0 N–H and O–H groups in total. The molecule has 0 amide bonds. The van der Waals surface area contributed by atoms with Crippen molar-refractivity contribution in [2.75, 3.05) is 13.2 Å². The summed E-state index contributed by atoms with van der Waals surface area (Å²) in [5.74, 6) is 1.61. The van der Waals surface area contributed by atoms with Gasteiger partial charge in [0.25, 0.3) is 0 Å². The number of benzene rings is 2. The maximum absolute atomic E-state index is 12.2. The summed E-state index contributed by atoms with van der Waals surface area (Å²) in [7, 11) is 0. The van der Waals surface area contributed by atoms with E-state index in [2.05, 4.69) is 18.8 Å². The molecule has 5 nitrogen and oxygen atoms in total. The Morgan fingerprint density at radius 2 is 1.93 bits per heavy atom. The monoisotopic (exact) mass is 379 g/mol. The number of aryl methyl sites for hydroxylation is 1. The highest BCUT2D eigenvalue weighted by molar-refractivity contribution is 6.12. The second kappa shape index (κ2) is 8.74. The number of hydrogen-bond acceptors (Lipinski definition) is 5. The third-order valence-electron chi connectivity index (χ3n) is 4.03. The van der Waals surface area contributed by atoms with Gasteiger partial charge in [-0.15, -0.1) is 0 Å². The molecular formula is C23H25NO4. The number of nitrogens with zero attached hydrogens (tertiary/aromatic N) is 1. The van der Waals surface area contributed by atoms with Crippen LogP contribution in [0.3, 0.4) is 0 Å². The highest BCUT2D eigenvalue weighted by Crippen LogP contribution is 2.30. The van der Waals surface area contributed by atoms with Gasteiger partial charge in [0.2, 0.25) is 5.90 Å². The molecule has 146 valence electrons. The smallest absolute Gasteiger partial charge is 0.363 e. The van der Waals surface area contributed by atoms with Crippen molar-refractivity contribution in [1.29, 1.82) is 0 Å². The number of rotatable bonds is 7. The van der Waals surface area contributed by atoms with E-state index in [0.717, 1.165) is 16.7 Å². The minimum Gasteiger partial charge on any atom is -0.490 e. The maximum Gasteiger partial charge on any atom is 0.363 e. The molecule has 0 bridgehead atoms. The Kier molecular flexibility index (Phi) is 6.14. The average Bonchev–Trinajstić information content (AvgIpc) is 3.02. The molecule has 0 saturated heterocycles. The van der Waals surface area contributed by atoms with E-state index < -0.39 is 5.97 Å². The SMILES string of the molecule is CCOc1cc(/C=C2/N=C(c3cccc(C)c3)OC2=O)ccc1OCC(C)C. The lowest BCUT2D eigenvalue weighted by Crippen LogP contribution is -2.06. The summed E-state index contributed by atoms with van der Waals surface area (Å²) in [5.41, 5.74) is 2.91. The van der Waals surface area contributed by atoms with Crippen LogP contribution in [0.5, 0.6) is 11.5 Å². The van der Waals surface area contributed by atoms with Crippen molar-refractivity contribution in [3.63, 3.8) is 0 Å². The second-order valence-corrected chi connectivity index (χ2v) is 7.05. The Hall–Kier alpha value is -3.08. The Balaban J connectivity index is 1.87. The molecular weight excluding hydrogens is 354 g/mol. The van der Waals surface area contributed by atoms with Crippen molar-refractivity contribution >= 4 is 17.9 Å². The zero-order valence-corrected chi connectivity index (χ0v) is 16.7. The number of ether oxygens (including phenoxy) is 3. The van der Waals surface area contributed by atoms with Crippen LogP contribution < -0.4 is 9.47 Å². The highest BCUT2D eigenvalue weighted by Gasteiger charge is 2.24. The molecule has 2 aromatic rings. The first-order chi connectivity index (χ1) is 13.5. The number of carbonyl (C=O) groups is 1. The first-order valence-electron chi connectivity index (χ1n) is 9.45. The van der Waals surface area contributed by atoms with Crippen molar-refractivity contribution in [3.8, 4) is 11.5 Å². The third-order valence-corrected chi connectivity index (χ3v) is 4.03. The van der Waals surface area contributed by atoms with E-state index in [1.807, 2.05) is 56.3 Å². The molecule has 0 spiro atoms. The Morgan fingerprint density at radius 3 is 2.64 bits per heavy atom. The van der Waals surface area contributed by atoms with Crippen LogP contribution in [0.4, 0.5) is 0 Å². The molecule has 0 atom stereocenters. The minimum atomic E-state index is -0.463. The number of carbonyl (C=O) groups excluding carboxylic acids is 1. The summed E-state index contributed by atoms with van der Waals surface area (Å²) >= 11 is 0. The van der Waals surface area contributed by atoms with Gasteiger partial charge in [-0.3, -0.25) is 0 Å². The lowest BCUT2D eigenvalue weighted by Gasteiger charge is -2.14. The van der Waals surface area contributed by atoms with Crippen LogP contribution in [0.25, 0.3) is 6.08 Å². The van der Waals surface area contributed by atoms with E-state index in [9.17, 15) is 4.79 Å². The van der Waals surface area contributed by atoms with Crippen LogP contribution in [0.2, 0.25) is 0 Å². The van der Waals surface area contributed by atoms with E-state index in [1.54, 1.807) is 6.08 Å². The molecule has 3 rings (SSSR count). The summed E-state index contributed by atoms with van der Waals surface area (Å²) in [6.07, 6.45) is 1.69. The second-order valence-electron chi connectivity index (χ2n) is 7.05. The van der Waals surface area contributed by atoms with E-state index in [-0.39, 0.29) is 5.70 Å². The number of hydrogen-bond donors (Lipinski definition) is 0. The zero-order chi connectivity index (χ0) is 20.1. The molecule has 1 aliphatic rings. The van der Waals surface area contributed by atoms with Crippen LogP contribution in [0.15, 0.2) is 53.2 Å². The Bertz CT molecular complexity index is 928. The van der Waals surface area contributed by atoms with Gasteiger partial charge >= 0.3 is 5.97 Å². The van der Waals surface area contributed by atoms with E-state index in [4.69, 9.17) is 14.2 Å². The van der Waals surface area contributed by atoms with Crippen LogP contribution in [0, 0.1) is 12.8 Å². The summed E-state index contributed by atoms with van der Waals surface area (Å²) in [6, 6.07) is 13.3. The highest BCUT2D eigenvalue weighted by atomic mass is 16.6. The van der Waals surface area contributed by atoms with Crippen molar-refractivity contribution in [2.24, 2.45) is 10.9 Å². The van der Waals surface area contributed by atoms with Crippen LogP contribution in [-0.4, -0.2) is 25.1 Å². The maximum atomic E-state index is 12.2. The van der Waals surface area contributed by atoms with Gasteiger partial charge in [0.1, 0.15) is 0 Å². The fourth-order valence-corrected chi connectivity index (χ4v) is 2.73. The first-order valence-corrected chi connectivity index (χ1v) is 9.45. The van der Waals surface area contributed by atoms with Gasteiger partial charge in [0, 0.05) is 5.56 Å². The van der Waals surface area contributed by atoms with Crippen LogP contribution in [0.1, 0.15) is 37.5 Å². The van der Waals surface area contributed by atoms with E-state index in [1.165, 1.54) is 0 Å². The normalized spacial score (nSPS) is 15.0. The van der Waals surface area contributed by atoms with Crippen molar-refractivity contribution in [2.45, 2.75) is 27.7 Å². The first kappa shape index (κ1) is 19.7. The van der Waals surface area contributed by atoms with Gasteiger partial charge in [-0.25, -0.2) is 9.79 Å². The third kappa shape index (κ3) is 4.80.